The van der Waals surface area contributed by atoms with E-state index in [1.54, 1.807) is 6.92 Å². The topological polar surface area (TPSA) is 40.6 Å². The Hall–Kier alpha value is -1.68. The molecule has 1 aliphatic rings. The summed E-state index contributed by atoms with van der Waals surface area (Å²) in [7, 11) is 0. The summed E-state index contributed by atoms with van der Waals surface area (Å²) < 4.78 is 0. The van der Waals surface area contributed by atoms with E-state index in [9.17, 15) is 9.59 Å². The van der Waals surface area contributed by atoms with Gasteiger partial charge in [0.2, 0.25) is 5.91 Å². The van der Waals surface area contributed by atoms with Crippen LogP contribution in [0.5, 0.6) is 0 Å². The van der Waals surface area contributed by atoms with Crippen LogP contribution in [0, 0.1) is 6.92 Å². The molecule has 1 saturated heterocycles. The first-order valence-electron chi connectivity index (χ1n) is 7.60. The quantitative estimate of drug-likeness (QED) is 0.827. The molecule has 0 aromatic heterocycles. The van der Waals surface area contributed by atoms with Gasteiger partial charge in [-0.15, -0.1) is 0 Å². The smallest absolute Gasteiger partial charge is 0.222 e. The van der Waals surface area contributed by atoms with Gasteiger partial charge in [-0.3, -0.25) is 14.5 Å². The lowest BCUT2D eigenvalue weighted by Gasteiger charge is -2.34. The second-order valence-electron chi connectivity index (χ2n) is 5.84. The lowest BCUT2D eigenvalue weighted by atomic mass is 10.1. The van der Waals surface area contributed by atoms with Gasteiger partial charge in [-0.05, 0) is 25.8 Å². The van der Waals surface area contributed by atoms with Crippen molar-refractivity contribution in [2.75, 3.05) is 32.7 Å². The van der Waals surface area contributed by atoms with Gasteiger partial charge in [0.15, 0.2) is 0 Å². The Morgan fingerprint density at radius 3 is 2.24 bits per heavy atom. The number of piperazine rings is 1. The van der Waals surface area contributed by atoms with Gasteiger partial charge in [0, 0.05) is 32.6 Å². The molecule has 2 rings (SSSR count). The van der Waals surface area contributed by atoms with Crippen LogP contribution in [0.25, 0.3) is 0 Å². The maximum absolute atomic E-state index is 12.2. The molecule has 1 heterocycles. The Bertz CT molecular complexity index is 488. The van der Waals surface area contributed by atoms with Crippen LogP contribution in [0.2, 0.25) is 0 Å². The lowest BCUT2D eigenvalue weighted by molar-refractivity contribution is -0.133. The molecular formula is C17H24N2O2. The summed E-state index contributed by atoms with van der Waals surface area (Å²) in [5.74, 6) is 0.409. The van der Waals surface area contributed by atoms with Crippen molar-refractivity contribution in [3.63, 3.8) is 0 Å². The molecule has 4 heteroatoms. The Morgan fingerprint density at radius 1 is 1.05 bits per heavy atom. The zero-order chi connectivity index (χ0) is 15.2. The highest BCUT2D eigenvalue weighted by atomic mass is 16.2. The second-order valence-corrected chi connectivity index (χ2v) is 5.84. The van der Waals surface area contributed by atoms with Gasteiger partial charge < -0.3 is 4.90 Å². The largest absolute Gasteiger partial charge is 0.340 e. The fraction of sp³-hybridized carbons (Fsp3) is 0.529. The van der Waals surface area contributed by atoms with E-state index in [2.05, 4.69) is 36.1 Å². The third-order valence-corrected chi connectivity index (χ3v) is 3.92. The van der Waals surface area contributed by atoms with E-state index < -0.39 is 0 Å². The Balaban J connectivity index is 1.74. The summed E-state index contributed by atoms with van der Waals surface area (Å²) >= 11 is 0. The first kappa shape index (κ1) is 15.7. The van der Waals surface area contributed by atoms with E-state index in [4.69, 9.17) is 0 Å². The maximum atomic E-state index is 12.2. The van der Waals surface area contributed by atoms with Crippen molar-refractivity contribution in [3.8, 4) is 0 Å². The molecule has 0 N–H and O–H groups in total. The van der Waals surface area contributed by atoms with Gasteiger partial charge in [0.25, 0.3) is 0 Å². The third kappa shape index (κ3) is 4.97. The fourth-order valence-corrected chi connectivity index (χ4v) is 2.63. The Labute approximate surface area is 126 Å². The molecule has 0 unspecified atom stereocenters. The first-order valence-corrected chi connectivity index (χ1v) is 7.60. The van der Waals surface area contributed by atoms with E-state index in [-0.39, 0.29) is 11.7 Å². The molecule has 0 saturated carbocycles. The monoisotopic (exact) mass is 288 g/mol. The average molecular weight is 288 g/mol. The molecule has 0 bridgehead atoms. The summed E-state index contributed by atoms with van der Waals surface area (Å²) in [6, 6.07) is 8.35. The van der Waals surface area contributed by atoms with Crippen LogP contribution in [0.1, 0.15) is 24.5 Å². The highest BCUT2D eigenvalue weighted by Crippen LogP contribution is 2.09. The number of hydrogen-bond acceptors (Lipinski definition) is 3. The number of carbonyl (C=O) groups excluding carboxylic acids is 2. The van der Waals surface area contributed by atoms with Crippen molar-refractivity contribution >= 4 is 11.7 Å². The van der Waals surface area contributed by atoms with E-state index in [1.165, 1.54) is 11.1 Å². The van der Waals surface area contributed by atoms with Crippen LogP contribution in [0.15, 0.2) is 24.3 Å². The molecule has 0 spiro atoms. The zero-order valence-electron chi connectivity index (χ0n) is 13.0. The van der Waals surface area contributed by atoms with Gasteiger partial charge in [0.1, 0.15) is 5.78 Å². The van der Waals surface area contributed by atoms with Crippen LogP contribution in [-0.2, 0) is 16.0 Å². The molecule has 0 aliphatic carbocycles. The van der Waals surface area contributed by atoms with E-state index in [0.717, 1.165) is 32.6 Å². The summed E-state index contributed by atoms with van der Waals surface area (Å²) in [5.41, 5.74) is 2.45. The van der Waals surface area contributed by atoms with Crippen molar-refractivity contribution in [3.05, 3.63) is 35.4 Å². The number of hydrogen-bond donors (Lipinski definition) is 0. The van der Waals surface area contributed by atoms with Crippen molar-refractivity contribution < 1.29 is 9.59 Å². The summed E-state index contributed by atoms with van der Waals surface area (Å²) in [5, 5.41) is 0. The number of amides is 1. The lowest BCUT2D eigenvalue weighted by Crippen LogP contribution is -2.49. The predicted molar refractivity (Wildman–Crippen MR) is 83.2 cm³/mol. The van der Waals surface area contributed by atoms with E-state index in [1.807, 2.05) is 4.90 Å². The van der Waals surface area contributed by atoms with Gasteiger partial charge in [-0.25, -0.2) is 0 Å². The maximum Gasteiger partial charge on any atom is 0.222 e. The minimum absolute atomic E-state index is 0.189. The van der Waals surface area contributed by atoms with Crippen LogP contribution in [-0.4, -0.2) is 54.2 Å². The third-order valence-electron chi connectivity index (χ3n) is 3.92. The molecule has 4 nitrogen and oxygen atoms in total. The van der Waals surface area contributed by atoms with Gasteiger partial charge in [-0.1, -0.05) is 29.8 Å². The Morgan fingerprint density at radius 2 is 1.67 bits per heavy atom. The average Bonchev–Trinajstić information content (AvgIpc) is 2.46. The highest BCUT2D eigenvalue weighted by Gasteiger charge is 2.21. The molecule has 1 aromatic carbocycles. The molecule has 1 fully saturated rings. The second kappa shape index (κ2) is 7.36. The van der Waals surface area contributed by atoms with Gasteiger partial charge >= 0.3 is 0 Å². The summed E-state index contributed by atoms with van der Waals surface area (Å²) in [6.45, 7) is 7.26. The molecule has 114 valence electrons. The van der Waals surface area contributed by atoms with Crippen LogP contribution < -0.4 is 0 Å². The first-order chi connectivity index (χ1) is 10.0. The van der Waals surface area contributed by atoms with Crippen molar-refractivity contribution in [1.29, 1.82) is 0 Å². The van der Waals surface area contributed by atoms with Crippen LogP contribution in [0.3, 0.4) is 0 Å². The molecule has 1 aliphatic heterocycles. The number of benzene rings is 1. The fourth-order valence-electron chi connectivity index (χ4n) is 2.63. The van der Waals surface area contributed by atoms with E-state index >= 15 is 0 Å². The standard InChI is InChI=1S/C17H24N2O2/c1-14-3-5-16(6-4-14)7-8-17(21)19-11-9-18(10-12-19)13-15(2)20/h3-6H,7-13H2,1-2H3. The Kier molecular flexibility index (Phi) is 5.51. The van der Waals surface area contributed by atoms with Crippen LogP contribution >= 0.6 is 0 Å². The number of ketones is 1. The number of carbonyl (C=O) groups is 2. The van der Waals surface area contributed by atoms with Crippen molar-refractivity contribution in [2.24, 2.45) is 0 Å². The molecule has 0 atom stereocenters. The predicted octanol–water partition coefficient (Wildman–Crippen LogP) is 1.66. The zero-order valence-corrected chi connectivity index (χ0v) is 13.0. The molecular weight excluding hydrogens is 264 g/mol. The SMILES string of the molecule is CC(=O)CN1CCN(C(=O)CCc2ccc(C)cc2)CC1. The molecule has 1 amide bonds. The summed E-state index contributed by atoms with van der Waals surface area (Å²) in [4.78, 5) is 27.3. The summed E-state index contributed by atoms with van der Waals surface area (Å²) in [6.07, 6.45) is 1.36. The normalized spacial score (nSPS) is 16.0. The number of nitrogens with zero attached hydrogens (tertiary/aromatic N) is 2. The minimum atomic E-state index is 0.189. The van der Waals surface area contributed by atoms with Crippen LogP contribution in [0.4, 0.5) is 0 Å². The molecule has 0 radical (unpaired) electrons. The van der Waals surface area contributed by atoms with E-state index in [0.29, 0.717) is 13.0 Å². The minimum Gasteiger partial charge on any atom is -0.340 e. The number of aryl methyl sites for hydroxylation is 2. The number of Topliss-reactive ketones (excluding diaryl/α,β-unsaturated/α-hetero) is 1. The van der Waals surface area contributed by atoms with Crippen molar-refractivity contribution in [1.82, 2.24) is 9.80 Å². The molecule has 21 heavy (non-hydrogen) atoms. The number of rotatable bonds is 5. The highest BCUT2D eigenvalue weighted by molar-refractivity contribution is 5.78. The van der Waals surface area contributed by atoms with Gasteiger partial charge in [-0.2, -0.15) is 0 Å². The molecule has 1 aromatic rings. The van der Waals surface area contributed by atoms with Crippen molar-refractivity contribution in [2.45, 2.75) is 26.7 Å². The van der Waals surface area contributed by atoms with Gasteiger partial charge in [0.05, 0.1) is 6.54 Å².